The lowest BCUT2D eigenvalue weighted by Gasteiger charge is -2.06. The number of pyridine rings is 2. The first-order valence-corrected chi connectivity index (χ1v) is 17.4. The topological polar surface area (TPSA) is 156 Å². The Labute approximate surface area is 322 Å². The average Bonchev–Trinajstić information content (AvgIpc) is 3.77. The van der Waals surface area contributed by atoms with Gasteiger partial charge in [0.05, 0.1) is 42.2 Å². The number of ketones is 1. The first-order chi connectivity index (χ1) is 26.5. The monoisotopic (exact) mass is 759 g/mol. The highest BCUT2D eigenvalue weighted by atomic mass is 19.1. The van der Waals surface area contributed by atoms with Gasteiger partial charge in [-0.1, -0.05) is 25.6 Å². The third kappa shape index (κ3) is 8.66. The van der Waals surface area contributed by atoms with Crippen molar-refractivity contribution in [1.82, 2.24) is 19.9 Å². The van der Waals surface area contributed by atoms with Crippen molar-refractivity contribution in [3.8, 4) is 11.5 Å². The minimum atomic E-state index is -0.916. The van der Waals surface area contributed by atoms with Gasteiger partial charge in [0.25, 0.3) is 0 Å². The number of methoxy groups -OCH3 is 2. The largest absolute Gasteiger partial charge is 0.497 e. The maximum absolute atomic E-state index is 13.9. The molecule has 5 N–H and O–H groups in total. The van der Waals surface area contributed by atoms with Crippen LogP contribution in [0.2, 0.25) is 0 Å². The molecule has 0 spiro atoms. The maximum atomic E-state index is 13.9. The Morgan fingerprint density at radius 3 is 1.66 bits per heavy atom. The summed E-state index contributed by atoms with van der Waals surface area (Å²) in [6.45, 7) is 4.07. The van der Waals surface area contributed by atoms with Crippen molar-refractivity contribution in [3.63, 3.8) is 0 Å². The number of aromatic nitrogens is 4. The Morgan fingerprint density at radius 2 is 1.16 bits per heavy atom. The number of nitrogens with two attached hydrogens (primary N) is 1. The molecular weight excluding hydrogens is 717 g/mol. The first kappa shape index (κ1) is 40.5. The fourth-order valence-electron chi connectivity index (χ4n) is 6.33. The molecular formula is C44H43F2N5O5. The number of carboxylic acid groups (broad SMARTS) is 1. The number of nitrogens with one attached hydrogen (secondary N) is 2. The molecule has 0 aliphatic carbocycles. The van der Waals surface area contributed by atoms with Gasteiger partial charge in [-0.25, -0.2) is 13.6 Å². The van der Waals surface area contributed by atoms with Crippen LogP contribution in [-0.2, 0) is 13.0 Å². The molecule has 0 unspecified atom stereocenters. The van der Waals surface area contributed by atoms with E-state index in [9.17, 15) is 18.4 Å². The van der Waals surface area contributed by atoms with Gasteiger partial charge in [-0.2, -0.15) is 0 Å². The number of hydrogen-bond donors (Lipinski definition) is 4. The summed E-state index contributed by atoms with van der Waals surface area (Å²) in [6, 6.07) is 23.7. The number of halogens is 2. The molecule has 0 fully saturated rings. The molecule has 8 aromatic rings. The Bertz CT molecular complexity index is 2690. The Balaban J connectivity index is 0.000000177. The first-order valence-electron chi connectivity index (χ1n) is 17.4. The third-order valence-electron chi connectivity index (χ3n) is 9.34. The number of benzene rings is 4. The average molecular weight is 760 g/mol. The smallest absolute Gasteiger partial charge is 0.335 e. The van der Waals surface area contributed by atoms with E-state index in [-0.39, 0.29) is 43.4 Å². The summed E-state index contributed by atoms with van der Waals surface area (Å²) in [4.78, 5) is 38.6. The van der Waals surface area contributed by atoms with E-state index in [0.29, 0.717) is 34.6 Å². The van der Waals surface area contributed by atoms with Gasteiger partial charge in [0.1, 0.15) is 23.1 Å². The van der Waals surface area contributed by atoms with Crippen molar-refractivity contribution < 1.29 is 33.0 Å². The van der Waals surface area contributed by atoms with E-state index in [0.717, 1.165) is 55.0 Å². The minimum Gasteiger partial charge on any atom is -0.497 e. The van der Waals surface area contributed by atoms with Gasteiger partial charge in [-0.3, -0.25) is 14.8 Å². The van der Waals surface area contributed by atoms with Crippen molar-refractivity contribution in [2.75, 3.05) is 14.2 Å². The second-order valence-electron chi connectivity index (χ2n) is 12.8. The molecule has 0 saturated heterocycles. The fraction of sp³-hybridized carbons (Fsp3) is 0.182. The van der Waals surface area contributed by atoms with Gasteiger partial charge < -0.3 is 30.3 Å². The summed E-state index contributed by atoms with van der Waals surface area (Å²) in [5, 5.41) is 13.2. The Morgan fingerprint density at radius 1 is 0.679 bits per heavy atom. The van der Waals surface area contributed by atoms with Gasteiger partial charge in [-0.05, 0) is 92.6 Å². The Kier molecular flexibility index (Phi) is 12.8. The molecule has 0 saturated carbocycles. The molecule has 4 aromatic heterocycles. The molecule has 0 atom stereocenters. The zero-order valence-electron chi connectivity index (χ0n) is 30.7. The molecule has 56 heavy (non-hydrogen) atoms. The van der Waals surface area contributed by atoms with Gasteiger partial charge in [0.15, 0.2) is 5.78 Å². The third-order valence-corrected chi connectivity index (χ3v) is 9.34. The number of fused-ring (bicyclic) bond motifs is 6. The SMILES string of the molecule is C.COc1ccc(F)c(CCC(=O)c2ccc3c(c2)[nH]c2c(C)nccc23)c1.COc1ccc(F)c(CN)c1.Cc1nccc2c1[nH]c1cc(C(=O)O)ccc12. The summed E-state index contributed by atoms with van der Waals surface area (Å²) >= 11 is 0. The van der Waals surface area contributed by atoms with Gasteiger partial charge in [0.2, 0.25) is 0 Å². The molecule has 4 aromatic carbocycles. The van der Waals surface area contributed by atoms with E-state index in [1.165, 1.54) is 26.4 Å². The van der Waals surface area contributed by atoms with Crippen LogP contribution in [0.1, 0.15) is 57.1 Å². The summed E-state index contributed by atoms with van der Waals surface area (Å²) in [6.07, 6.45) is 4.11. The summed E-state index contributed by atoms with van der Waals surface area (Å²) in [5.41, 5.74) is 12.6. The molecule has 4 heterocycles. The highest BCUT2D eigenvalue weighted by molar-refractivity contribution is 6.10. The number of aromatic carboxylic acids is 1. The highest BCUT2D eigenvalue weighted by Crippen LogP contribution is 2.29. The molecule has 0 aliphatic heterocycles. The molecule has 288 valence electrons. The van der Waals surface area contributed by atoms with E-state index in [4.69, 9.17) is 20.3 Å². The van der Waals surface area contributed by atoms with Crippen LogP contribution >= 0.6 is 0 Å². The number of nitrogens with zero attached hydrogens (tertiary/aromatic N) is 2. The van der Waals surface area contributed by atoms with E-state index in [1.807, 2.05) is 50.2 Å². The quantitative estimate of drug-likeness (QED) is 0.112. The predicted molar refractivity (Wildman–Crippen MR) is 217 cm³/mol. The van der Waals surface area contributed by atoms with Gasteiger partial charge in [0, 0.05) is 69.1 Å². The second-order valence-corrected chi connectivity index (χ2v) is 12.8. The van der Waals surface area contributed by atoms with Crippen molar-refractivity contribution in [1.29, 1.82) is 0 Å². The molecule has 0 amide bonds. The van der Waals surface area contributed by atoms with Gasteiger partial charge in [-0.15, -0.1) is 0 Å². The number of H-pyrrole nitrogens is 2. The van der Waals surface area contributed by atoms with Crippen LogP contribution in [-0.4, -0.2) is 51.0 Å². The predicted octanol–water partition coefficient (Wildman–Crippen LogP) is 9.64. The summed E-state index contributed by atoms with van der Waals surface area (Å²) in [7, 11) is 3.07. The number of rotatable bonds is 8. The molecule has 0 aliphatic rings. The van der Waals surface area contributed by atoms with E-state index in [1.54, 1.807) is 48.8 Å². The lowest BCUT2D eigenvalue weighted by molar-refractivity contribution is 0.0696. The van der Waals surface area contributed by atoms with Crippen molar-refractivity contribution >= 4 is 55.4 Å². The van der Waals surface area contributed by atoms with Crippen LogP contribution in [0.3, 0.4) is 0 Å². The molecule has 10 nitrogen and oxygen atoms in total. The van der Waals surface area contributed by atoms with Crippen LogP contribution in [0.4, 0.5) is 8.78 Å². The zero-order valence-corrected chi connectivity index (χ0v) is 30.7. The Hall–Kier alpha value is -6.66. The molecule has 8 rings (SSSR count). The lowest BCUT2D eigenvalue weighted by atomic mass is 10.0. The van der Waals surface area contributed by atoms with Crippen LogP contribution in [0.15, 0.2) is 97.3 Å². The van der Waals surface area contributed by atoms with E-state index in [2.05, 4.69) is 19.9 Å². The van der Waals surface area contributed by atoms with Crippen molar-refractivity contribution in [2.45, 2.75) is 40.7 Å². The molecule has 12 heteroatoms. The maximum Gasteiger partial charge on any atom is 0.335 e. The highest BCUT2D eigenvalue weighted by Gasteiger charge is 2.13. The second kappa shape index (κ2) is 17.7. The van der Waals surface area contributed by atoms with Gasteiger partial charge >= 0.3 is 5.97 Å². The zero-order chi connectivity index (χ0) is 39.2. The van der Waals surface area contributed by atoms with Crippen molar-refractivity contribution in [2.24, 2.45) is 5.73 Å². The molecule has 0 bridgehead atoms. The number of hydrogen-bond acceptors (Lipinski definition) is 7. The number of aryl methyl sites for hydroxylation is 3. The van der Waals surface area contributed by atoms with Crippen LogP contribution in [0.5, 0.6) is 11.5 Å². The van der Waals surface area contributed by atoms with Crippen LogP contribution in [0.25, 0.3) is 43.6 Å². The number of carbonyl (C=O) groups is 2. The summed E-state index contributed by atoms with van der Waals surface area (Å²) < 4.78 is 36.7. The van der Waals surface area contributed by atoms with Crippen LogP contribution in [0, 0.1) is 25.5 Å². The molecule has 0 radical (unpaired) electrons. The minimum absolute atomic E-state index is 0. The number of aromatic amines is 2. The number of Topliss-reactive ketones (excluding diaryl/α,β-unsaturated/α-hetero) is 1. The van der Waals surface area contributed by atoms with E-state index < -0.39 is 5.97 Å². The number of carboxylic acids is 1. The number of ether oxygens (including phenoxy) is 2. The summed E-state index contributed by atoms with van der Waals surface area (Å²) in [5.74, 6) is -0.326. The van der Waals surface area contributed by atoms with Crippen LogP contribution < -0.4 is 15.2 Å². The fourth-order valence-corrected chi connectivity index (χ4v) is 6.33. The normalized spacial score (nSPS) is 10.7. The standard InChI is InChI=1S/C22H19FN2O2.C13H10N2O2.C8H10FNO.CH4/c1-13-22-18(9-10-24-13)17-6-3-15(12-20(17)25-22)21(26)8-4-14-11-16(27-2)5-7-19(14)23;1-7-12-10(4-5-14-7)9-3-2-8(13(16)17)6-11(9)15-12;1-11-7-2-3-8(9)6(4-7)5-10;/h3,5-7,9-12,25H,4,8H2,1-2H3;2-6,15H,1H3,(H,16,17);2-4H,5,10H2,1H3;1H4. The van der Waals surface area contributed by atoms with Crippen molar-refractivity contribution in [3.05, 3.63) is 143 Å². The lowest BCUT2D eigenvalue weighted by Crippen LogP contribution is -2.02. The number of carbonyl (C=O) groups excluding carboxylic acids is 1. The van der Waals surface area contributed by atoms with E-state index >= 15 is 0 Å².